The normalized spacial score (nSPS) is 11.3. The minimum Gasteiger partial charge on any atom is -0.488 e. The van der Waals surface area contributed by atoms with E-state index >= 15 is 0 Å². The van der Waals surface area contributed by atoms with Gasteiger partial charge in [0.15, 0.2) is 5.82 Å². The molecule has 9 heteroatoms. The van der Waals surface area contributed by atoms with E-state index in [1.807, 2.05) is 26.8 Å². The average Bonchev–Trinajstić information content (AvgIpc) is 3.09. The topological polar surface area (TPSA) is 90.4 Å². The Morgan fingerprint density at radius 3 is 2.65 bits per heavy atom. The van der Waals surface area contributed by atoms with Gasteiger partial charge in [-0.3, -0.25) is 0 Å². The van der Waals surface area contributed by atoms with Crippen molar-refractivity contribution in [3.63, 3.8) is 0 Å². The molecule has 0 aliphatic heterocycles. The van der Waals surface area contributed by atoms with Gasteiger partial charge >= 0.3 is 0 Å². The van der Waals surface area contributed by atoms with Crippen molar-refractivity contribution >= 4 is 17.0 Å². The molecule has 31 heavy (non-hydrogen) atoms. The number of nitrogens with two attached hydrogens (primary N) is 1. The van der Waals surface area contributed by atoms with Crippen LogP contribution in [-0.4, -0.2) is 25.9 Å². The molecule has 0 bridgehead atoms. The lowest BCUT2D eigenvalue weighted by atomic mass is 10.1. The third kappa shape index (κ3) is 4.25. The number of halogens is 2. The number of hydrogen-bond acceptors (Lipinski definition) is 6. The van der Waals surface area contributed by atoms with Gasteiger partial charge in [0, 0.05) is 28.9 Å². The molecule has 160 valence electrons. The van der Waals surface area contributed by atoms with Crippen LogP contribution < -0.4 is 15.8 Å². The molecule has 0 fully saturated rings. The molecule has 0 aliphatic carbocycles. The standard InChI is InChI=1S/C22H22F2N6O/c1-12(2)26-20-10-19(29-30-13(3)27-28-22(20)30)17-9-16(25)6-7-21(17)31-11-14-4-5-15(23)8-18(14)24/h4-10,12,26H,11,25H2,1-3H3. The molecule has 4 aromatic rings. The molecule has 0 aliphatic rings. The summed E-state index contributed by atoms with van der Waals surface area (Å²) in [5.41, 5.74) is 9.37. The minimum absolute atomic E-state index is 0.0754. The van der Waals surface area contributed by atoms with Crippen LogP contribution in [0.5, 0.6) is 5.75 Å². The molecular formula is C22H22F2N6O. The zero-order valence-electron chi connectivity index (χ0n) is 17.4. The molecule has 0 atom stereocenters. The summed E-state index contributed by atoms with van der Waals surface area (Å²) in [6, 6.07) is 10.5. The number of aromatic nitrogens is 4. The number of rotatable bonds is 6. The second-order valence-electron chi connectivity index (χ2n) is 7.50. The van der Waals surface area contributed by atoms with Crippen molar-refractivity contribution in [3.8, 4) is 17.0 Å². The molecule has 3 N–H and O–H groups in total. The predicted molar refractivity (Wildman–Crippen MR) is 115 cm³/mol. The predicted octanol–water partition coefficient (Wildman–Crippen LogP) is 4.36. The molecule has 4 rings (SSSR count). The zero-order chi connectivity index (χ0) is 22.1. The summed E-state index contributed by atoms with van der Waals surface area (Å²) in [5, 5.41) is 16.3. The van der Waals surface area contributed by atoms with Crippen LogP contribution in [0.25, 0.3) is 16.9 Å². The first-order chi connectivity index (χ1) is 14.8. The lowest BCUT2D eigenvalue weighted by Gasteiger charge is -2.15. The Morgan fingerprint density at radius 2 is 1.90 bits per heavy atom. The molecule has 0 unspecified atom stereocenters. The third-order valence-corrected chi connectivity index (χ3v) is 4.65. The molecule has 0 amide bonds. The quantitative estimate of drug-likeness (QED) is 0.447. The van der Waals surface area contributed by atoms with E-state index in [4.69, 9.17) is 10.5 Å². The Kier molecular flexibility index (Phi) is 5.41. The van der Waals surface area contributed by atoms with Crippen LogP contribution in [0.2, 0.25) is 0 Å². The van der Waals surface area contributed by atoms with Crippen molar-refractivity contribution in [2.75, 3.05) is 11.1 Å². The van der Waals surface area contributed by atoms with Crippen molar-refractivity contribution in [2.24, 2.45) is 0 Å². The number of anilines is 2. The Balaban J connectivity index is 1.76. The van der Waals surface area contributed by atoms with Gasteiger partial charge in [0.05, 0.1) is 11.4 Å². The van der Waals surface area contributed by atoms with Gasteiger partial charge in [-0.1, -0.05) is 0 Å². The first kappa shape index (κ1) is 20.5. The Hall–Kier alpha value is -3.75. The van der Waals surface area contributed by atoms with Crippen LogP contribution in [0.3, 0.4) is 0 Å². The number of benzene rings is 2. The maximum absolute atomic E-state index is 14.0. The zero-order valence-corrected chi connectivity index (χ0v) is 17.4. The largest absolute Gasteiger partial charge is 0.488 e. The summed E-state index contributed by atoms with van der Waals surface area (Å²) in [6.07, 6.45) is 0. The van der Waals surface area contributed by atoms with Crippen LogP contribution in [0.4, 0.5) is 20.2 Å². The Morgan fingerprint density at radius 1 is 1.10 bits per heavy atom. The number of fused-ring (bicyclic) bond motifs is 1. The summed E-state index contributed by atoms with van der Waals surface area (Å²) < 4.78 is 34.7. The molecule has 0 spiro atoms. The van der Waals surface area contributed by atoms with E-state index in [0.717, 1.165) is 11.8 Å². The number of aryl methyl sites for hydroxylation is 1. The summed E-state index contributed by atoms with van der Waals surface area (Å²) in [6.45, 7) is 5.77. The molecule has 0 saturated carbocycles. The van der Waals surface area contributed by atoms with Crippen molar-refractivity contribution in [1.82, 2.24) is 19.8 Å². The van der Waals surface area contributed by atoms with E-state index in [0.29, 0.717) is 34.2 Å². The number of ether oxygens (including phenoxy) is 1. The highest BCUT2D eigenvalue weighted by molar-refractivity contribution is 5.77. The molecule has 2 aromatic heterocycles. The van der Waals surface area contributed by atoms with Crippen LogP contribution in [-0.2, 0) is 6.61 Å². The fourth-order valence-electron chi connectivity index (χ4n) is 3.20. The Bertz CT molecular complexity index is 1250. The van der Waals surface area contributed by atoms with Crippen LogP contribution in [0.15, 0.2) is 42.5 Å². The van der Waals surface area contributed by atoms with Gasteiger partial charge in [0.25, 0.3) is 0 Å². The van der Waals surface area contributed by atoms with Crippen molar-refractivity contribution in [1.29, 1.82) is 0 Å². The average molecular weight is 424 g/mol. The van der Waals surface area contributed by atoms with Crippen molar-refractivity contribution in [3.05, 3.63) is 65.5 Å². The summed E-state index contributed by atoms with van der Waals surface area (Å²) in [5.74, 6) is -0.212. The van der Waals surface area contributed by atoms with Gasteiger partial charge in [-0.25, -0.2) is 8.78 Å². The van der Waals surface area contributed by atoms with E-state index in [9.17, 15) is 8.78 Å². The van der Waals surface area contributed by atoms with Gasteiger partial charge in [-0.15, -0.1) is 10.2 Å². The van der Waals surface area contributed by atoms with Gasteiger partial charge in [-0.05, 0) is 57.2 Å². The van der Waals surface area contributed by atoms with E-state index in [1.54, 1.807) is 22.7 Å². The van der Waals surface area contributed by atoms with Crippen LogP contribution in [0, 0.1) is 18.6 Å². The van der Waals surface area contributed by atoms with E-state index in [1.165, 1.54) is 12.1 Å². The fraction of sp³-hybridized carbons (Fsp3) is 0.227. The molecule has 2 heterocycles. The molecule has 7 nitrogen and oxygen atoms in total. The number of nitrogens with one attached hydrogen (secondary N) is 1. The highest BCUT2D eigenvalue weighted by Crippen LogP contribution is 2.33. The van der Waals surface area contributed by atoms with Gasteiger partial charge in [0.1, 0.15) is 24.0 Å². The summed E-state index contributed by atoms with van der Waals surface area (Å²) in [7, 11) is 0. The van der Waals surface area contributed by atoms with Gasteiger partial charge < -0.3 is 15.8 Å². The molecular weight excluding hydrogens is 402 g/mol. The van der Waals surface area contributed by atoms with Crippen LogP contribution >= 0.6 is 0 Å². The first-order valence-electron chi connectivity index (χ1n) is 9.78. The SMILES string of the molecule is Cc1nnc2c(NC(C)C)cc(-c3cc(N)ccc3OCc3ccc(F)cc3F)nn12. The maximum Gasteiger partial charge on any atom is 0.200 e. The number of hydrogen-bond donors (Lipinski definition) is 2. The van der Waals surface area contributed by atoms with E-state index in [2.05, 4.69) is 20.6 Å². The minimum atomic E-state index is -0.667. The molecule has 0 saturated heterocycles. The summed E-state index contributed by atoms with van der Waals surface area (Å²) in [4.78, 5) is 0. The fourth-order valence-corrected chi connectivity index (χ4v) is 3.20. The van der Waals surface area contributed by atoms with Crippen molar-refractivity contribution in [2.45, 2.75) is 33.4 Å². The molecule has 2 aromatic carbocycles. The maximum atomic E-state index is 14.0. The second-order valence-corrected chi connectivity index (χ2v) is 7.50. The lowest BCUT2D eigenvalue weighted by molar-refractivity contribution is 0.300. The number of nitrogens with zero attached hydrogens (tertiary/aromatic N) is 4. The summed E-state index contributed by atoms with van der Waals surface area (Å²) >= 11 is 0. The van der Waals surface area contributed by atoms with Gasteiger partial charge in [0.2, 0.25) is 5.65 Å². The van der Waals surface area contributed by atoms with Crippen molar-refractivity contribution < 1.29 is 13.5 Å². The second kappa shape index (κ2) is 8.17. The van der Waals surface area contributed by atoms with Gasteiger partial charge in [-0.2, -0.15) is 9.61 Å². The molecule has 0 radical (unpaired) electrons. The number of nitrogen functional groups attached to an aromatic ring is 1. The lowest BCUT2D eigenvalue weighted by Crippen LogP contribution is -2.12. The highest BCUT2D eigenvalue weighted by atomic mass is 19.1. The first-order valence-corrected chi connectivity index (χ1v) is 9.78. The van der Waals surface area contributed by atoms with E-state index < -0.39 is 11.6 Å². The van der Waals surface area contributed by atoms with E-state index in [-0.39, 0.29) is 18.2 Å². The third-order valence-electron chi connectivity index (χ3n) is 4.65. The monoisotopic (exact) mass is 424 g/mol. The van der Waals surface area contributed by atoms with Crippen LogP contribution in [0.1, 0.15) is 25.2 Å². The highest BCUT2D eigenvalue weighted by Gasteiger charge is 2.16. The smallest absolute Gasteiger partial charge is 0.200 e. The Labute approximate surface area is 177 Å².